The molecule has 1 aliphatic carbocycles. The average Bonchev–Trinajstić information content (AvgIpc) is 3.09. The summed E-state index contributed by atoms with van der Waals surface area (Å²) in [4.78, 5) is 12.7. The number of ketones is 1. The van der Waals surface area contributed by atoms with Crippen molar-refractivity contribution in [1.29, 1.82) is 0 Å². The van der Waals surface area contributed by atoms with Crippen LogP contribution in [0.15, 0.2) is 35.2 Å². The quantitative estimate of drug-likeness (QED) is 0.682. The number of hydrogen-bond acceptors (Lipinski definition) is 2. The minimum atomic E-state index is 0.399. The van der Waals surface area contributed by atoms with Gasteiger partial charge in [-0.1, -0.05) is 31.0 Å². The molecule has 2 rings (SSSR count). The molecule has 1 nitrogen and oxygen atoms in total. The Balaban J connectivity index is 1.66. The van der Waals surface area contributed by atoms with Gasteiger partial charge in [-0.15, -0.1) is 11.8 Å². The number of thioether (sulfide) groups is 1. The molecule has 0 spiro atoms. The Kier molecular flexibility index (Phi) is 3.84. The molecule has 2 heteroatoms. The van der Waals surface area contributed by atoms with Crippen LogP contribution in [-0.4, -0.2) is 11.5 Å². The number of Topliss-reactive ketones (excluding diaryl/α,β-unsaturated/α-hetero) is 1. The Morgan fingerprint density at radius 1 is 1.27 bits per heavy atom. The van der Waals surface area contributed by atoms with Crippen molar-refractivity contribution >= 4 is 17.5 Å². The van der Waals surface area contributed by atoms with Crippen molar-refractivity contribution in [1.82, 2.24) is 0 Å². The van der Waals surface area contributed by atoms with Crippen molar-refractivity contribution in [2.45, 2.75) is 30.6 Å². The first-order chi connectivity index (χ1) is 7.34. The normalized spacial score (nSPS) is 15.2. The Morgan fingerprint density at radius 3 is 2.67 bits per heavy atom. The van der Waals surface area contributed by atoms with Gasteiger partial charge in [0.25, 0.3) is 0 Å². The highest BCUT2D eigenvalue weighted by Gasteiger charge is 2.21. The van der Waals surface area contributed by atoms with Crippen LogP contribution >= 0.6 is 11.8 Å². The average molecular weight is 220 g/mol. The van der Waals surface area contributed by atoms with E-state index in [1.165, 1.54) is 17.7 Å². The largest absolute Gasteiger partial charge is 0.299 e. The van der Waals surface area contributed by atoms with Crippen LogP contribution < -0.4 is 0 Å². The molecule has 0 amide bonds. The highest BCUT2D eigenvalue weighted by molar-refractivity contribution is 8.00. The Bertz CT molecular complexity index is 317. The zero-order valence-electron chi connectivity index (χ0n) is 8.82. The lowest BCUT2D eigenvalue weighted by Gasteiger charge is -2.00. The van der Waals surface area contributed by atoms with Gasteiger partial charge in [-0.05, 0) is 24.5 Å². The molecule has 0 unspecified atom stereocenters. The molecule has 1 aromatic carbocycles. The standard InChI is InChI=1S/C13H16OS/c14-12(9-8-11-6-7-11)10-15-13-4-2-1-3-5-13/h1-5,11H,6-10H2. The molecule has 1 fully saturated rings. The predicted octanol–water partition coefficient (Wildman–Crippen LogP) is 3.54. The van der Waals surface area contributed by atoms with Crippen LogP contribution in [0.5, 0.6) is 0 Å². The van der Waals surface area contributed by atoms with Gasteiger partial charge in [0.05, 0.1) is 5.75 Å². The van der Waals surface area contributed by atoms with Gasteiger partial charge >= 0.3 is 0 Å². The first kappa shape index (κ1) is 10.7. The van der Waals surface area contributed by atoms with Gasteiger partial charge in [-0.3, -0.25) is 4.79 Å². The van der Waals surface area contributed by atoms with Gasteiger partial charge in [0, 0.05) is 11.3 Å². The molecule has 0 aliphatic heterocycles. The molecular formula is C13H16OS. The van der Waals surface area contributed by atoms with Crippen LogP contribution in [0, 0.1) is 5.92 Å². The minimum Gasteiger partial charge on any atom is -0.299 e. The molecule has 0 saturated heterocycles. The predicted molar refractivity (Wildman–Crippen MR) is 64.1 cm³/mol. The van der Waals surface area contributed by atoms with Crippen LogP contribution in [-0.2, 0) is 4.79 Å². The van der Waals surface area contributed by atoms with E-state index in [9.17, 15) is 4.79 Å². The van der Waals surface area contributed by atoms with Crippen LogP contribution in [0.1, 0.15) is 25.7 Å². The van der Waals surface area contributed by atoms with E-state index in [-0.39, 0.29) is 0 Å². The summed E-state index contributed by atoms with van der Waals surface area (Å²) >= 11 is 1.65. The van der Waals surface area contributed by atoms with E-state index < -0.39 is 0 Å². The van der Waals surface area contributed by atoms with Crippen molar-refractivity contribution in [3.8, 4) is 0 Å². The summed E-state index contributed by atoms with van der Waals surface area (Å²) in [5, 5.41) is 0. The van der Waals surface area contributed by atoms with Crippen LogP contribution in [0.25, 0.3) is 0 Å². The second-order valence-corrected chi connectivity index (χ2v) is 5.17. The molecule has 1 saturated carbocycles. The fourth-order valence-electron chi connectivity index (χ4n) is 1.52. The molecule has 0 atom stereocenters. The second kappa shape index (κ2) is 5.36. The van der Waals surface area contributed by atoms with Crippen molar-refractivity contribution < 1.29 is 4.79 Å². The lowest BCUT2D eigenvalue weighted by atomic mass is 10.2. The van der Waals surface area contributed by atoms with Gasteiger partial charge in [0.15, 0.2) is 0 Å². The number of rotatable bonds is 6. The number of hydrogen-bond donors (Lipinski definition) is 0. The van der Waals surface area contributed by atoms with E-state index in [0.717, 1.165) is 18.8 Å². The maximum atomic E-state index is 11.5. The maximum Gasteiger partial charge on any atom is 0.143 e. The summed E-state index contributed by atoms with van der Waals surface area (Å²) < 4.78 is 0. The lowest BCUT2D eigenvalue weighted by Crippen LogP contribution is -2.01. The van der Waals surface area contributed by atoms with E-state index in [1.54, 1.807) is 11.8 Å². The lowest BCUT2D eigenvalue weighted by molar-refractivity contribution is -0.116. The van der Waals surface area contributed by atoms with E-state index in [4.69, 9.17) is 0 Å². The van der Waals surface area contributed by atoms with Crippen molar-refractivity contribution in [3.05, 3.63) is 30.3 Å². The Labute approximate surface area is 95.3 Å². The van der Waals surface area contributed by atoms with Crippen molar-refractivity contribution in [2.24, 2.45) is 5.92 Å². The topological polar surface area (TPSA) is 17.1 Å². The van der Waals surface area contributed by atoms with Crippen molar-refractivity contribution in [3.63, 3.8) is 0 Å². The molecule has 0 N–H and O–H groups in total. The zero-order chi connectivity index (χ0) is 10.5. The van der Waals surface area contributed by atoms with Crippen LogP contribution in [0.3, 0.4) is 0 Å². The highest BCUT2D eigenvalue weighted by Crippen LogP contribution is 2.33. The van der Waals surface area contributed by atoms with Gasteiger partial charge < -0.3 is 0 Å². The molecule has 0 heterocycles. The van der Waals surface area contributed by atoms with E-state index in [0.29, 0.717) is 11.5 Å². The zero-order valence-corrected chi connectivity index (χ0v) is 9.63. The molecule has 0 bridgehead atoms. The molecule has 80 valence electrons. The number of carbonyl (C=O) groups excluding carboxylic acids is 1. The summed E-state index contributed by atoms with van der Waals surface area (Å²) in [5.74, 6) is 1.91. The van der Waals surface area contributed by atoms with Crippen molar-refractivity contribution in [2.75, 3.05) is 5.75 Å². The number of benzene rings is 1. The van der Waals surface area contributed by atoms with Crippen LogP contribution in [0.2, 0.25) is 0 Å². The Morgan fingerprint density at radius 2 is 2.00 bits per heavy atom. The molecular weight excluding hydrogens is 204 g/mol. The molecule has 15 heavy (non-hydrogen) atoms. The van der Waals surface area contributed by atoms with Gasteiger partial charge in [0.1, 0.15) is 5.78 Å². The highest BCUT2D eigenvalue weighted by atomic mass is 32.2. The summed E-state index contributed by atoms with van der Waals surface area (Å²) in [7, 11) is 0. The van der Waals surface area contributed by atoms with Gasteiger partial charge in [-0.25, -0.2) is 0 Å². The molecule has 1 aromatic rings. The Hall–Kier alpha value is -0.760. The van der Waals surface area contributed by atoms with Gasteiger partial charge in [0.2, 0.25) is 0 Å². The third-order valence-corrected chi connectivity index (χ3v) is 3.74. The summed E-state index contributed by atoms with van der Waals surface area (Å²) in [5.41, 5.74) is 0. The van der Waals surface area contributed by atoms with Gasteiger partial charge in [-0.2, -0.15) is 0 Å². The summed E-state index contributed by atoms with van der Waals surface area (Å²) in [6.07, 6.45) is 4.59. The third-order valence-electron chi connectivity index (χ3n) is 2.67. The van der Waals surface area contributed by atoms with E-state index in [1.807, 2.05) is 18.2 Å². The van der Waals surface area contributed by atoms with Crippen LogP contribution in [0.4, 0.5) is 0 Å². The fraction of sp³-hybridized carbons (Fsp3) is 0.462. The molecule has 1 aliphatic rings. The minimum absolute atomic E-state index is 0.399. The maximum absolute atomic E-state index is 11.5. The summed E-state index contributed by atoms with van der Waals surface area (Å²) in [6.45, 7) is 0. The second-order valence-electron chi connectivity index (χ2n) is 4.12. The fourth-order valence-corrected chi connectivity index (χ4v) is 2.35. The van der Waals surface area contributed by atoms with E-state index >= 15 is 0 Å². The third kappa shape index (κ3) is 4.08. The summed E-state index contributed by atoms with van der Waals surface area (Å²) in [6, 6.07) is 10.1. The molecule has 0 aromatic heterocycles. The van der Waals surface area contributed by atoms with E-state index in [2.05, 4.69) is 12.1 Å². The monoisotopic (exact) mass is 220 g/mol. The number of carbonyl (C=O) groups is 1. The molecule has 0 radical (unpaired) electrons. The SMILES string of the molecule is O=C(CCC1CC1)CSc1ccccc1. The smallest absolute Gasteiger partial charge is 0.143 e. The first-order valence-corrected chi connectivity index (χ1v) is 6.53. The first-order valence-electron chi connectivity index (χ1n) is 5.54.